The Labute approximate surface area is 106 Å². The van der Waals surface area contributed by atoms with Crippen LogP contribution in [0.15, 0.2) is 42.5 Å². The second-order valence-electron chi connectivity index (χ2n) is 4.34. The summed E-state index contributed by atoms with van der Waals surface area (Å²) in [6.07, 6.45) is 3.07. The van der Waals surface area contributed by atoms with Crippen molar-refractivity contribution in [2.45, 2.75) is 24.8 Å². The smallest absolute Gasteiger partial charge is 0.184 e. The van der Waals surface area contributed by atoms with Crippen molar-refractivity contribution in [2.75, 3.05) is 13.7 Å². The van der Waals surface area contributed by atoms with Gasteiger partial charge in [0.1, 0.15) is 12.2 Å². The molecular weight excluding hydrogens is 232 g/mol. The Hall–Kier alpha value is -1.20. The van der Waals surface area contributed by atoms with E-state index in [0.29, 0.717) is 6.61 Å². The van der Waals surface area contributed by atoms with Gasteiger partial charge in [0.15, 0.2) is 12.6 Å². The van der Waals surface area contributed by atoms with Crippen LogP contribution in [0.4, 0.5) is 0 Å². The maximum atomic E-state index is 5.88. The fraction of sp³-hybridized carbons (Fsp3) is 0.429. The van der Waals surface area contributed by atoms with Crippen molar-refractivity contribution in [3.63, 3.8) is 0 Å². The summed E-state index contributed by atoms with van der Waals surface area (Å²) in [4.78, 5) is 0. The highest BCUT2D eigenvalue weighted by Gasteiger charge is 2.35. The van der Waals surface area contributed by atoms with Gasteiger partial charge in [-0.15, -0.1) is 0 Å². The van der Waals surface area contributed by atoms with Gasteiger partial charge in [-0.05, 0) is 6.08 Å². The van der Waals surface area contributed by atoms with E-state index in [-0.39, 0.29) is 24.8 Å². The number of fused-ring (bicyclic) bond motifs is 1. The van der Waals surface area contributed by atoms with E-state index in [4.69, 9.17) is 18.9 Å². The first-order valence-electron chi connectivity index (χ1n) is 6.05. The molecule has 4 nitrogen and oxygen atoms in total. The Morgan fingerprint density at radius 3 is 2.72 bits per heavy atom. The van der Waals surface area contributed by atoms with Gasteiger partial charge in [0.25, 0.3) is 0 Å². The SMILES string of the molecule is CO[C@H]1C=C[C@H]2O[C@@H](c3ccccc3)OC[C@@H]2O1. The molecule has 0 aromatic heterocycles. The second kappa shape index (κ2) is 5.20. The van der Waals surface area contributed by atoms with E-state index >= 15 is 0 Å². The molecule has 1 aromatic carbocycles. The predicted octanol–water partition coefficient (Wildman–Crippen LogP) is 2.03. The number of rotatable bonds is 2. The lowest BCUT2D eigenvalue weighted by atomic mass is 10.1. The monoisotopic (exact) mass is 248 g/mol. The highest BCUT2D eigenvalue weighted by molar-refractivity contribution is 5.17. The third-order valence-electron chi connectivity index (χ3n) is 3.13. The minimum Gasteiger partial charge on any atom is -0.352 e. The zero-order valence-corrected chi connectivity index (χ0v) is 10.2. The van der Waals surface area contributed by atoms with Gasteiger partial charge in [0.2, 0.25) is 0 Å². The molecule has 2 heterocycles. The van der Waals surface area contributed by atoms with E-state index in [1.54, 1.807) is 7.11 Å². The Morgan fingerprint density at radius 1 is 1.11 bits per heavy atom. The van der Waals surface area contributed by atoms with Crippen LogP contribution in [0.2, 0.25) is 0 Å². The Morgan fingerprint density at radius 2 is 1.94 bits per heavy atom. The molecule has 3 rings (SSSR count). The molecule has 0 radical (unpaired) electrons. The molecule has 0 unspecified atom stereocenters. The molecule has 4 heteroatoms. The molecule has 1 fully saturated rings. The van der Waals surface area contributed by atoms with Crippen molar-refractivity contribution in [3.8, 4) is 0 Å². The van der Waals surface area contributed by atoms with Crippen LogP contribution in [-0.2, 0) is 18.9 Å². The molecule has 4 atom stereocenters. The van der Waals surface area contributed by atoms with Crippen molar-refractivity contribution in [3.05, 3.63) is 48.0 Å². The zero-order chi connectivity index (χ0) is 12.4. The average molecular weight is 248 g/mol. The summed E-state index contributed by atoms with van der Waals surface area (Å²) in [5.74, 6) is 0. The fourth-order valence-corrected chi connectivity index (χ4v) is 2.17. The Kier molecular flexibility index (Phi) is 3.43. The summed E-state index contributed by atoms with van der Waals surface area (Å²) in [6, 6.07) is 9.92. The zero-order valence-electron chi connectivity index (χ0n) is 10.2. The minimum absolute atomic E-state index is 0.0737. The normalized spacial score (nSPS) is 35.2. The van der Waals surface area contributed by atoms with E-state index in [1.807, 2.05) is 42.5 Å². The van der Waals surface area contributed by atoms with Crippen molar-refractivity contribution in [1.82, 2.24) is 0 Å². The van der Waals surface area contributed by atoms with Gasteiger partial charge in [0, 0.05) is 12.7 Å². The fourth-order valence-electron chi connectivity index (χ4n) is 2.17. The van der Waals surface area contributed by atoms with Crippen LogP contribution in [0.1, 0.15) is 11.9 Å². The van der Waals surface area contributed by atoms with E-state index in [9.17, 15) is 0 Å². The molecule has 0 spiro atoms. The molecule has 0 saturated carbocycles. The molecule has 96 valence electrons. The number of ether oxygens (including phenoxy) is 4. The molecule has 0 bridgehead atoms. The standard InChI is InChI=1S/C14H16O4/c1-15-13-8-7-11-12(17-13)9-16-14(18-11)10-5-3-2-4-6-10/h2-8,11-14H,9H2,1H3/t11-,12+,13-,14+/m1/s1. The second-order valence-corrected chi connectivity index (χ2v) is 4.34. The summed E-state index contributed by atoms with van der Waals surface area (Å²) >= 11 is 0. The summed E-state index contributed by atoms with van der Waals surface area (Å²) in [5, 5.41) is 0. The summed E-state index contributed by atoms with van der Waals surface area (Å²) < 4.78 is 22.4. The predicted molar refractivity (Wildman–Crippen MR) is 64.8 cm³/mol. The van der Waals surface area contributed by atoms with Gasteiger partial charge in [-0.2, -0.15) is 0 Å². The maximum Gasteiger partial charge on any atom is 0.184 e. The molecule has 0 amide bonds. The third-order valence-corrected chi connectivity index (χ3v) is 3.13. The molecule has 1 aromatic rings. The molecule has 18 heavy (non-hydrogen) atoms. The first kappa shape index (κ1) is 11.9. The number of hydrogen-bond acceptors (Lipinski definition) is 4. The number of hydrogen-bond donors (Lipinski definition) is 0. The van der Waals surface area contributed by atoms with Crippen molar-refractivity contribution >= 4 is 0 Å². The summed E-state index contributed by atoms with van der Waals surface area (Å²) in [6.45, 7) is 0.508. The van der Waals surface area contributed by atoms with E-state index in [0.717, 1.165) is 5.56 Å². The summed E-state index contributed by atoms with van der Waals surface area (Å²) in [5.41, 5.74) is 1.03. The Bertz CT molecular complexity index is 417. The molecule has 0 N–H and O–H groups in total. The van der Waals surface area contributed by atoms with Gasteiger partial charge >= 0.3 is 0 Å². The van der Waals surface area contributed by atoms with Gasteiger partial charge < -0.3 is 18.9 Å². The first-order valence-corrected chi connectivity index (χ1v) is 6.05. The molecular formula is C14H16O4. The number of methoxy groups -OCH3 is 1. The average Bonchev–Trinajstić information content (AvgIpc) is 2.47. The molecule has 0 aliphatic carbocycles. The number of benzene rings is 1. The van der Waals surface area contributed by atoms with Crippen molar-refractivity contribution in [2.24, 2.45) is 0 Å². The third kappa shape index (κ3) is 2.33. The van der Waals surface area contributed by atoms with Crippen LogP contribution < -0.4 is 0 Å². The van der Waals surface area contributed by atoms with E-state index < -0.39 is 0 Å². The van der Waals surface area contributed by atoms with Crippen LogP contribution in [0.25, 0.3) is 0 Å². The lowest BCUT2D eigenvalue weighted by molar-refractivity contribution is -0.280. The lowest BCUT2D eigenvalue weighted by Crippen LogP contribution is -2.45. The largest absolute Gasteiger partial charge is 0.352 e. The van der Waals surface area contributed by atoms with Gasteiger partial charge in [-0.1, -0.05) is 36.4 Å². The maximum absolute atomic E-state index is 5.88. The minimum atomic E-state index is -0.320. The summed E-state index contributed by atoms with van der Waals surface area (Å²) in [7, 11) is 1.62. The van der Waals surface area contributed by atoms with Crippen molar-refractivity contribution < 1.29 is 18.9 Å². The van der Waals surface area contributed by atoms with Crippen LogP contribution in [0.5, 0.6) is 0 Å². The molecule has 1 saturated heterocycles. The van der Waals surface area contributed by atoms with Gasteiger partial charge in [0.05, 0.1) is 6.61 Å². The van der Waals surface area contributed by atoms with Gasteiger partial charge in [-0.3, -0.25) is 0 Å². The van der Waals surface area contributed by atoms with Crippen LogP contribution in [-0.4, -0.2) is 32.2 Å². The molecule has 2 aliphatic heterocycles. The van der Waals surface area contributed by atoms with Crippen LogP contribution >= 0.6 is 0 Å². The highest BCUT2D eigenvalue weighted by atomic mass is 16.7. The first-order chi connectivity index (χ1) is 8.86. The highest BCUT2D eigenvalue weighted by Crippen LogP contribution is 2.30. The topological polar surface area (TPSA) is 36.9 Å². The van der Waals surface area contributed by atoms with Crippen LogP contribution in [0, 0.1) is 0 Å². The van der Waals surface area contributed by atoms with E-state index in [1.165, 1.54) is 0 Å². The van der Waals surface area contributed by atoms with Crippen molar-refractivity contribution in [1.29, 1.82) is 0 Å². The van der Waals surface area contributed by atoms with E-state index in [2.05, 4.69) is 0 Å². The lowest BCUT2D eigenvalue weighted by Gasteiger charge is -2.38. The quantitative estimate of drug-likeness (QED) is 0.750. The Balaban J connectivity index is 1.71. The van der Waals surface area contributed by atoms with Crippen LogP contribution in [0.3, 0.4) is 0 Å². The van der Waals surface area contributed by atoms with Gasteiger partial charge in [-0.25, -0.2) is 0 Å². The molecule has 2 aliphatic rings.